The first-order valence-electron chi connectivity index (χ1n) is 8.16. The Morgan fingerprint density at radius 1 is 1.00 bits per heavy atom. The molecule has 2 aliphatic rings. The van der Waals surface area contributed by atoms with Gasteiger partial charge in [0.15, 0.2) is 5.65 Å². The molecule has 0 bridgehead atoms. The van der Waals surface area contributed by atoms with E-state index in [0.717, 1.165) is 11.4 Å². The number of hydrogen-bond donors (Lipinski definition) is 0. The Labute approximate surface area is 138 Å². The van der Waals surface area contributed by atoms with Crippen molar-refractivity contribution in [1.82, 2.24) is 19.9 Å². The maximum absolute atomic E-state index is 13.4. The monoisotopic (exact) mass is 335 g/mol. The van der Waals surface area contributed by atoms with Crippen molar-refractivity contribution in [3.05, 3.63) is 17.1 Å². The molecule has 3 heterocycles. The number of halogens is 2. The lowest BCUT2D eigenvalue weighted by atomic mass is 9.78. The van der Waals surface area contributed by atoms with Crippen LogP contribution in [0, 0.1) is 13.8 Å². The molecule has 2 aromatic rings. The van der Waals surface area contributed by atoms with E-state index >= 15 is 0 Å². The van der Waals surface area contributed by atoms with Crippen LogP contribution in [0.25, 0.3) is 11.2 Å². The maximum atomic E-state index is 13.4. The minimum absolute atomic E-state index is 0.184. The van der Waals surface area contributed by atoms with E-state index in [1.54, 1.807) is 0 Å². The van der Waals surface area contributed by atoms with Crippen LogP contribution in [0.5, 0.6) is 0 Å². The molecule has 0 atom stereocenters. The van der Waals surface area contributed by atoms with Gasteiger partial charge in [-0.05, 0) is 13.8 Å². The SMILES string of the molecule is Cc1nc2nc(N3CCOCC3)nc(C3CC(F)(F)C3)c2nc1C. The topological polar surface area (TPSA) is 64.0 Å². The first kappa shape index (κ1) is 15.6. The largest absolute Gasteiger partial charge is 0.378 e. The van der Waals surface area contributed by atoms with E-state index in [9.17, 15) is 8.78 Å². The molecular weight excluding hydrogens is 316 g/mol. The van der Waals surface area contributed by atoms with Crippen molar-refractivity contribution in [3.8, 4) is 0 Å². The minimum Gasteiger partial charge on any atom is -0.378 e. The van der Waals surface area contributed by atoms with Crippen molar-refractivity contribution in [1.29, 1.82) is 0 Å². The summed E-state index contributed by atoms with van der Waals surface area (Å²) in [7, 11) is 0. The molecule has 0 radical (unpaired) electrons. The zero-order valence-electron chi connectivity index (χ0n) is 13.7. The molecule has 1 aliphatic heterocycles. The molecule has 8 heteroatoms. The van der Waals surface area contributed by atoms with Gasteiger partial charge in [0.2, 0.25) is 11.9 Å². The molecule has 1 aliphatic carbocycles. The number of morpholine rings is 1. The highest BCUT2D eigenvalue weighted by Crippen LogP contribution is 2.49. The Morgan fingerprint density at radius 3 is 2.33 bits per heavy atom. The highest BCUT2D eigenvalue weighted by Gasteiger charge is 2.47. The van der Waals surface area contributed by atoms with Gasteiger partial charge >= 0.3 is 0 Å². The van der Waals surface area contributed by atoms with Crippen LogP contribution >= 0.6 is 0 Å². The predicted octanol–water partition coefficient (Wildman–Crippen LogP) is 2.39. The number of aryl methyl sites for hydroxylation is 2. The van der Waals surface area contributed by atoms with E-state index in [0.29, 0.717) is 49.1 Å². The number of alkyl halides is 2. The second-order valence-electron chi connectivity index (χ2n) is 6.54. The predicted molar refractivity (Wildman–Crippen MR) is 84.6 cm³/mol. The first-order chi connectivity index (χ1) is 11.4. The van der Waals surface area contributed by atoms with Gasteiger partial charge in [0.05, 0.1) is 30.3 Å². The second-order valence-corrected chi connectivity index (χ2v) is 6.54. The summed E-state index contributed by atoms with van der Waals surface area (Å²) in [6, 6.07) is 0. The quantitative estimate of drug-likeness (QED) is 0.840. The normalized spacial score (nSPS) is 21.1. The molecule has 128 valence electrons. The lowest BCUT2D eigenvalue weighted by Crippen LogP contribution is -2.38. The van der Waals surface area contributed by atoms with Crippen LogP contribution in [0.3, 0.4) is 0 Å². The molecule has 2 fully saturated rings. The summed E-state index contributed by atoms with van der Waals surface area (Å²) < 4.78 is 32.1. The van der Waals surface area contributed by atoms with Crippen molar-refractivity contribution < 1.29 is 13.5 Å². The third-order valence-corrected chi connectivity index (χ3v) is 4.73. The van der Waals surface area contributed by atoms with Gasteiger partial charge in [-0.1, -0.05) is 0 Å². The smallest absolute Gasteiger partial charge is 0.249 e. The fourth-order valence-electron chi connectivity index (χ4n) is 3.17. The van der Waals surface area contributed by atoms with Gasteiger partial charge in [-0.15, -0.1) is 0 Å². The zero-order valence-corrected chi connectivity index (χ0v) is 13.7. The fourth-order valence-corrected chi connectivity index (χ4v) is 3.17. The maximum Gasteiger partial charge on any atom is 0.249 e. The Balaban J connectivity index is 1.82. The number of anilines is 1. The molecule has 6 nitrogen and oxygen atoms in total. The summed E-state index contributed by atoms with van der Waals surface area (Å²) >= 11 is 0. The summed E-state index contributed by atoms with van der Waals surface area (Å²) in [5.41, 5.74) is 3.20. The van der Waals surface area contributed by atoms with Crippen LogP contribution in [0.4, 0.5) is 14.7 Å². The van der Waals surface area contributed by atoms with E-state index in [4.69, 9.17) is 4.74 Å². The highest BCUT2D eigenvalue weighted by molar-refractivity contribution is 5.75. The van der Waals surface area contributed by atoms with Gasteiger partial charge in [0.1, 0.15) is 5.52 Å². The molecule has 2 aromatic heterocycles. The minimum atomic E-state index is -2.60. The summed E-state index contributed by atoms with van der Waals surface area (Å²) in [4.78, 5) is 20.2. The average Bonchev–Trinajstić information content (AvgIpc) is 2.54. The first-order valence-corrected chi connectivity index (χ1v) is 8.16. The molecule has 1 saturated carbocycles. The van der Waals surface area contributed by atoms with Gasteiger partial charge in [-0.25, -0.2) is 23.7 Å². The van der Waals surface area contributed by atoms with E-state index in [1.807, 2.05) is 18.7 Å². The van der Waals surface area contributed by atoms with Gasteiger partial charge in [-0.2, -0.15) is 4.98 Å². The number of rotatable bonds is 2. The standard InChI is InChI=1S/C16H19F2N5O/c1-9-10(2)20-14-13(19-9)12(11-7-16(17,18)8-11)21-15(22-14)23-3-5-24-6-4-23/h11H,3-8H2,1-2H3. The molecule has 1 saturated heterocycles. The Hall–Kier alpha value is -1.96. The fraction of sp³-hybridized carbons (Fsp3) is 0.625. The van der Waals surface area contributed by atoms with Crippen molar-refractivity contribution in [2.75, 3.05) is 31.2 Å². The van der Waals surface area contributed by atoms with Crippen LogP contribution in [0.2, 0.25) is 0 Å². The summed E-state index contributed by atoms with van der Waals surface area (Å²) in [6.07, 6.45) is -0.369. The number of aromatic nitrogens is 4. The molecule has 0 N–H and O–H groups in total. The number of ether oxygens (including phenoxy) is 1. The van der Waals surface area contributed by atoms with E-state index in [2.05, 4.69) is 19.9 Å². The summed E-state index contributed by atoms with van der Waals surface area (Å²) in [5.74, 6) is -2.36. The molecule has 4 rings (SSSR count). The number of fused-ring (bicyclic) bond motifs is 1. The third-order valence-electron chi connectivity index (χ3n) is 4.73. The molecule has 24 heavy (non-hydrogen) atoms. The van der Waals surface area contributed by atoms with Gasteiger partial charge in [-0.3, -0.25) is 0 Å². The number of hydrogen-bond acceptors (Lipinski definition) is 6. The van der Waals surface area contributed by atoms with E-state index < -0.39 is 5.92 Å². The molecule has 0 unspecified atom stereocenters. The van der Waals surface area contributed by atoms with Crippen molar-refractivity contribution >= 4 is 17.1 Å². The number of nitrogens with zero attached hydrogens (tertiary/aromatic N) is 5. The zero-order chi connectivity index (χ0) is 16.9. The van der Waals surface area contributed by atoms with Crippen LogP contribution in [0.15, 0.2) is 0 Å². The second kappa shape index (κ2) is 5.54. The van der Waals surface area contributed by atoms with E-state index in [-0.39, 0.29) is 18.8 Å². The van der Waals surface area contributed by atoms with Crippen molar-refractivity contribution in [2.45, 2.75) is 38.5 Å². The average molecular weight is 335 g/mol. The Kier molecular flexibility index (Phi) is 3.59. The van der Waals surface area contributed by atoms with Gasteiger partial charge in [0.25, 0.3) is 0 Å². The van der Waals surface area contributed by atoms with Crippen LogP contribution in [-0.2, 0) is 4.74 Å². The summed E-state index contributed by atoms with van der Waals surface area (Å²) in [5, 5.41) is 0. The summed E-state index contributed by atoms with van der Waals surface area (Å²) in [6.45, 7) is 6.31. The van der Waals surface area contributed by atoms with E-state index in [1.165, 1.54) is 0 Å². The third kappa shape index (κ3) is 2.68. The Bertz CT molecular complexity index is 784. The van der Waals surface area contributed by atoms with Gasteiger partial charge < -0.3 is 9.64 Å². The Morgan fingerprint density at radius 2 is 1.67 bits per heavy atom. The lowest BCUT2D eigenvalue weighted by Gasteiger charge is -2.35. The molecule has 0 amide bonds. The van der Waals surface area contributed by atoms with Crippen LogP contribution in [0.1, 0.15) is 35.8 Å². The van der Waals surface area contributed by atoms with Crippen LogP contribution in [-0.4, -0.2) is 52.2 Å². The van der Waals surface area contributed by atoms with Crippen molar-refractivity contribution in [3.63, 3.8) is 0 Å². The van der Waals surface area contributed by atoms with Crippen molar-refractivity contribution in [2.24, 2.45) is 0 Å². The highest BCUT2D eigenvalue weighted by atomic mass is 19.3. The van der Waals surface area contributed by atoms with Crippen LogP contribution < -0.4 is 4.90 Å². The van der Waals surface area contributed by atoms with Gasteiger partial charge in [0, 0.05) is 31.8 Å². The molecule has 0 spiro atoms. The lowest BCUT2D eigenvalue weighted by molar-refractivity contribution is -0.0873. The molecule has 0 aromatic carbocycles. The molecular formula is C16H19F2N5O.